The van der Waals surface area contributed by atoms with Crippen LogP contribution in [0.5, 0.6) is 5.75 Å². The van der Waals surface area contributed by atoms with Crippen molar-refractivity contribution in [1.82, 2.24) is 5.32 Å². The van der Waals surface area contributed by atoms with Gasteiger partial charge in [-0.05, 0) is 30.5 Å². The highest BCUT2D eigenvalue weighted by atomic mass is 16.5. The number of hydrogen-bond donors (Lipinski definition) is 2. The summed E-state index contributed by atoms with van der Waals surface area (Å²) in [6, 6.07) is 5.87. The van der Waals surface area contributed by atoms with Crippen molar-refractivity contribution >= 4 is 11.9 Å². The van der Waals surface area contributed by atoms with Crippen LogP contribution in [0.3, 0.4) is 0 Å². The van der Waals surface area contributed by atoms with Crippen LogP contribution in [0.15, 0.2) is 24.3 Å². The Hall–Kier alpha value is -2.04. The largest absolute Gasteiger partial charge is 0.494 e. The Kier molecular flexibility index (Phi) is 6.72. The SMILES string of the molecule is CCCCOc1cccc(C(=O)NC(C(=O)O)C(C)C)c1. The number of unbranched alkanes of at least 4 members (excludes halogenated alkanes) is 1. The Morgan fingerprint density at radius 2 is 2.05 bits per heavy atom. The topological polar surface area (TPSA) is 75.6 Å². The predicted octanol–water partition coefficient (Wildman–Crippen LogP) is 2.70. The molecule has 5 nitrogen and oxygen atoms in total. The molecule has 0 heterocycles. The molecule has 1 atom stereocenters. The van der Waals surface area contributed by atoms with Gasteiger partial charge in [0.05, 0.1) is 6.61 Å². The van der Waals surface area contributed by atoms with E-state index >= 15 is 0 Å². The number of rotatable bonds is 8. The van der Waals surface area contributed by atoms with E-state index in [0.29, 0.717) is 17.9 Å². The van der Waals surface area contributed by atoms with E-state index in [9.17, 15) is 9.59 Å². The molecule has 0 fully saturated rings. The van der Waals surface area contributed by atoms with Crippen LogP contribution < -0.4 is 10.1 Å². The third-order valence-electron chi connectivity index (χ3n) is 3.08. The third kappa shape index (κ3) is 5.45. The van der Waals surface area contributed by atoms with E-state index in [1.165, 1.54) is 0 Å². The van der Waals surface area contributed by atoms with Crippen molar-refractivity contribution in [2.75, 3.05) is 6.61 Å². The van der Waals surface area contributed by atoms with Crippen LogP contribution in [0.1, 0.15) is 44.0 Å². The molecule has 0 spiro atoms. The van der Waals surface area contributed by atoms with E-state index in [1.807, 2.05) is 0 Å². The fraction of sp³-hybridized carbons (Fsp3) is 0.500. The Balaban J connectivity index is 2.73. The summed E-state index contributed by atoms with van der Waals surface area (Å²) in [6.45, 7) is 6.18. The van der Waals surface area contributed by atoms with Gasteiger partial charge in [-0.1, -0.05) is 33.3 Å². The third-order valence-corrected chi connectivity index (χ3v) is 3.08. The van der Waals surface area contributed by atoms with Gasteiger partial charge in [-0.25, -0.2) is 4.79 Å². The average molecular weight is 293 g/mol. The molecule has 0 aliphatic rings. The molecular formula is C16H23NO4. The Labute approximate surface area is 125 Å². The minimum Gasteiger partial charge on any atom is -0.494 e. The fourth-order valence-corrected chi connectivity index (χ4v) is 1.80. The second-order valence-corrected chi connectivity index (χ2v) is 5.26. The molecule has 21 heavy (non-hydrogen) atoms. The zero-order valence-corrected chi connectivity index (χ0v) is 12.8. The van der Waals surface area contributed by atoms with Crippen LogP contribution in [0.4, 0.5) is 0 Å². The van der Waals surface area contributed by atoms with Gasteiger partial charge in [0.1, 0.15) is 11.8 Å². The van der Waals surface area contributed by atoms with Crippen LogP contribution in [-0.4, -0.2) is 29.6 Å². The maximum atomic E-state index is 12.1. The molecule has 0 radical (unpaired) electrons. The van der Waals surface area contributed by atoms with Crippen LogP contribution in [-0.2, 0) is 4.79 Å². The lowest BCUT2D eigenvalue weighted by molar-refractivity contribution is -0.140. The predicted molar refractivity (Wildman–Crippen MR) is 80.6 cm³/mol. The number of carboxylic acids is 1. The van der Waals surface area contributed by atoms with Gasteiger partial charge >= 0.3 is 5.97 Å². The molecule has 0 aromatic heterocycles. The minimum atomic E-state index is -1.03. The van der Waals surface area contributed by atoms with Crippen molar-refractivity contribution in [3.05, 3.63) is 29.8 Å². The summed E-state index contributed by atoms with van der Waals surface area (Å²) in [4.78, 5) is 23.2. The second-order valence-electron chi connectivity index (χ2n) is 5.26. The number of amides is 1. The van der Waals surface area contributed by atoms with E-state index in [1.54, 1.807) is 38.1 Å². The zero-order valence-electron chi connectivity index (χ0n) is 12.8. The summed E-state index contributed by atoms with van der Waals surface area (Å²) < 4.78 is 5.54. The van der Waals surface area contributed by atoms with E-state index in [-0.39, 0.29) is 5.92 Å². The summed E-state index contributed by atoms with van der Waals surface area (Å²) in [6.07, 6.45) is 1.99. The molecule has 1 aromatic carbocycles. The highest BCUT2D eigenvalue weighted by Crippen LogP contribution is 2.14. The Morgan fingerprint density at radius 1 is 1.33 bits per heavy atom. The van der Waals surface area contributed by atoms with E-state index < -0.39 is 17.9 Å². The van der Waals surface area contributed by atoms with Gasteiger partial charge in [-0.2, -0.15) is 0 Å². The summed E-state index contributed by atoms with van der Waals surface area (Å²) in [5.41, 5.74) is 0.399. The molecule has 0 aliphatic heterocycles. The lowest BCUT2D eigenvalue weighted by atomic mass is 10.0. The van der Waals surface area contributed by atoms with Crippen LogP contribution >= 0.6 is 0 Å². The van der Waals surface area contributed by atoms with Gasteiger partial charge in [0.15, 0.2) is 0 Å². The maximum absolute atomic E-state index is 12.1. The van der Waals surface area contributed by atoms with E-state index in [0.717, 1.165) is 12.8 Å². The van der Waals surface area contributed by atoms with Crippen LogP contribution in [0, 0.1) is 5.92 Å². The van der Waals surface area contributed by atoms with Crippen molar-refractivity contribution < 1.29 is 19.4 Å². The molecule has 1 rings (SSSR count). The summed E-state index contributed by atoms with van der Waals surface area (Å²) >= 11 is 0. The summed E-state index contributed by atoms with van der Waals surface area (Å²) in [5.74, 6) is -1.01. The van der Waals surface area contributed by atoms with Crippen molar-refractivity contribution in [2.45, 2.75) is 39.7 Å². The van der Waals surface area contributed by atoms with Gasteiger partial charge in [-0.3, -0.25) is 4.79 Å². The van der Waals surface area contributed by atoms with Crippen molar-refractivity contribution in [3.63, 3.8) is 0 Å². The first-order chi connectivity index (χ1) is 9.95. The summed E-state index contributed by atoms with van der Waals surface area (Å²) in [7, 11) is 0. The van der Waals surface area contributed by atoms with Gasteiger partial charge < -0.3 is 15.2 Å². The normalized spacial score (nSPS) is 12.0. The smallest absolute Gasteiger partial charge is 0.326 e. The van der Waals surface area contributed by atoms with E-state index in [2.05, 4.69) is 12.2 Å². The average Bonchev–Trinajstić information content (AvgIpc) is 2.44. The second kappa shape index (κ2) is 8.29. The number of benzene rings is 1. The van der Waals surface area contributed by atoms with Crippen molar-refractivity contribution in [1.29, 1.82) is 0 Å². The summed E-state index contributed by atoms with van der Waals surface area (Å²) in [5, 5.41) is 11.6. The molecule has 0 aliphatic carbocycles. The number of hydrogen-bond acceptors (Lipinski definition) is 3. The molecule has 1 amide bonds. The molecule has 0 saturated heterocycles. The first kappa shape index (κ1) is 17.0. The van der Waals surface area contributed by atoms with Gasteiger partial charge in [-0.15, -0.1) is 0 Å². The van der Waals surface area contributed by atoms with Crippen LogP contribution in [0.25, 0.3) is 0 Å². The zero-order chi connectivity index (χ0) is 15.8. The molecular weight excluding hydrogens is 270 g/mol. The molecule has 0 bridgehead atoms. The standard InChI is InChI=1S/C16H23NO4/c1-4-5-9-21-13-8-6-7-12(10-13)15(18)17-14(11(2)3)16(19)20/h6-8,10-11,14H,4-5,9H2,1-3H3,(H,17,18)(H,19,20). The van der Waals surface area contributed by atoms with Gasteiger partial charge in [0, 0.05) is 5.56 Å². The molecule has 2 N–H and O–H groups in total. The number of carbonyl (C=O) groups is 2. The lowest BCUT2D eigenvalue weighted by Crippen LogP contribution is -2.44. The molecule has 5 heteroatoms. The van der Waals surface area contributed by atoms with E-state index in [4.69, 9.17) is 9.84 Å². The maximum Gasteiger partial charge on any atom is 0.326 e. The fourth-order valence-electron chi connectivity index (χ4n) is 1.80. The number of ether oxygens (including phenoxy) is 1. The van der Waals surface area contributed by atoms with Gasteiger partial charge in [0.2, 0.25) is 0 Å². The number of carboxylic acid groups (broad SMARTS) is 1. The molecule has 0 saturated carbocycles. The first-order valence-electron chi connectivity index (χ1n) is 7.22. The molecule has 1 aromatic rings. The highest BCUT2D eigenvalue weighted by Gasteiger charge is 2.23. The first-order valence-corrected chi connectivity index (χ1v) is 7.22. The number of nitrogens with one attached hydrogen (secondary N) is 1. The minimum absolute atomic E-state index is 0.185. The van der Waals surface area contributed by atoms with Crippen molar-refractivity contribution in [2.24, 2.45) is 5.92 Å². The quantitative estimate of drug-likeness (QED) is 0.723. The van der Waals surface area contributed by atoms with Gasteiger partial charge in [0.25, 0.3) is 5.91 Å². The molecule has 116 valence electrons. The highest BCUT2D eigenvalue weighted by molar-refractivity contribution is 5.96. The lowest BCUT2D eigenvalue weighted by Gasteiger charge is -2.18. The number of carbonyl (C=O) groups excluding carboxylic acids is 1. The Morgan fingerprint density at radius 3 is 2.62 bits per heavy atom. The monoisotopic (exact) mass is 293 g/mol. The number of aliphatic carboxylic acids is 1. The van der Waals surface area contributed by atoms with Crippen LogP contribution in [0.2, 0.25) is 0 Å². The molecule has 1 unspecified atom stereocenters. The van der Waals surface area contributed by atoms with Crippen molar-refractivity contribution in [3.8, 4) is 5.75 Å². The Bertz CT molecular complexity index is 485.